The van der Waals surface area contributed by atoms with Crippen molar-refractivity contribution in [2.24, 2.45) is 5.73 Å². The van der Waals surface area contributed by atoms with Crippen molar-refractivity contribution in [2.45, 2.75) is 12.6 Å². The predicted molar refractivity (Wildman–Crippen MR) is 74.6 cm³/mol. The Morgan fingerprint density at radius 3 is 2.35 bits per heavy atom. The Labute approximate surface area is 120 Å². The van der Waals surface area contributed by atoms with Crippen molar-refractivity contribution in [1.82, 2.24) is 0 Å². The smallest absolute Gasteiger partial charge is 0.330 e. The Balaban J connectivity index is 2.69. The van der Waals surface area contributed by atoms with E-state index in [2.05, 4.69) is 0 Å². The van der Waals surface area contributed by atoms with Gasteiger partial charge < -0.3 is 5.73 Å². The van der Waals surface area contributed by atoms with Crippen LogP contribution in [0.2, 0.25) is 5.02 Å². The van der Waals surface area contributed by atoms with Gasteiger partial charge in [0.2, 0.25) is 0 Å². The number of benzene rings is 2. The van der Waals surface area contributed by atoms with Crippen molar-refractivity contribution in [2.75, 3.05) is 6.54 Å². The molecule has 0 amide bonds. The molecule has 20 heavy (non-hydrogen) atoms. The lowest BCUT2D eigenvalue weighted by atomic mass is 9.93. The van der Waals surface area contributed by atoms with E-state index in [4.69, 9.17) is 17.3 Å². The Hall–Kier alpha value is -1.52. The molecule has 2 aromatic carbocycles. The second kappa shape index (κ2) is 5.85. The molecule has 0 fully saturated rings. The van der Waals surface area contributed by atoms with Gasteiger partial charge in [-0.2, -0.15) is 13.2 Å². The van der Waals surface area contributed by atoms with Crippen LogP contribution in [0.25, 0.3) is 11.1 Å². The topological polar surface area (TPSA) is 26.0 Å². The molecule has 0 aliphatic rings. The Morgan fingerprint density at radius 2 is 1.70 bits per heavy atom. The molecule has 1 nitrogen and oxygen atoms in total. The van der Waals surface area contributed by atoms with E-state index in [1.54, 1.807) is 24.3 Å². The second-order valence-electron chi connectivity index (χ2n) is 4.36. The quantitative estimate of drug-likeness (QED) is 0.885. The summed E-state index contributed by atoms with van der Waals surface area (Å²) in [5.74, 6) is 0. The van der Waals surface area contributed by atoms with E-state index in [9.17, 15) is 13.2 Å². The van der Waals surface area contributed by atoms with E-state index in [1.165, 1.54) is 12.1 Å². The molecule has 0 spiro atoms. The molecular formula is C15H13ClF3N. The van der Waals surface area contributed by atoms with Crippen molar-refractivity contribution in [3.63, 3.8) is 0 Å². The number of rotatable bonds is 3. The zero-order chi connectivity index (χ0) is 14.8. The van der Waals surface area contributed by atoms with Crippen molar-refractivity contribution >= 4 is 11.6 Å². The van der Waals surface area contributed by atoms with Crippen LogP contribution < -0.4 is 5.73 Å². The molecule has 2 rings (SSSR count). The van der Waals surface area contributed by atoms with Crippen molar-refractivity contribution in [3.8, 4) is 11.1 Å². The number of nitrogens with two attached hydrogens (primary N) is 1. The molecule has 0 aromatic heterocycles. The molecule has 2 aromatic rings. The van der Waals surface area contributed by atoms with Crippen LogP contribution in [0.1, 0.15) is 11.1 Å². The van der Waals surface area contributed by atoms with Gasteiger partial charge in [-0.05, 0) is 36.2 Å². The van der Waals surface area contributed by atoms with Gasteiger partial charge in [0.05, 0.1) is 5.56 Å². The van der Waals surface area contributed by atoms with Gasteiger partial charge in [-0.25, -0.2) is 0 Å². The fourth-order valence-corrected chi connectivity index (χ4v) is 2.48. The van der Waals surface area contributed by atoms with E-state index in [-0.39, 0.29) is 5.56 Å². The standard InChI is InChI=1S/C15H13ClF3N/c16-13-7-3-4-10(8-9-20)14(13)11-5-1-2-6-12(11)15(17,18)19/h1-7H,8-9,20H2. The molecule has 0 saturated heterocycles. The summed E-state index contributed by atoms with van der Waals surface area (Å²) in [6.07, 6.45) is -3.95. The molecule has 2 N–H and O–H groups in total. The average Bonchev–Trinajstić information content (AvgIpc) is 2.38. The third-order valence-corrected chi connectivity index (χ3v) is 3.33. The van der Waals surface area contributed by atoms with Gasteiger partial charge in [0.15, 0.2) is 0 Å². The van der Waals surface area contributed by atoms with Crippen LogP contribution in [0.3, 0.4) is 0 Å². The van der Waals surface area contributed by atoms with E-state index >= 15 is 0 Å². The predicted octanol–water partition coefficient (Wildman–Crippen LogP) is 4.53. The minimum Gasteiger partial charge on any atom is -0.330 e. The molecule has 0 radical (unpaired) electrons. The molecule has 0 heterocycles. The maximum absolute atomic E-state index is 13.1. The number of halogens is 4. The van der Waals surface area contributed by atoms with Crippen LogP contribution in [0.15, 0.2) is 42.5 Å². The molecule has 0 atom stereocenters. The molecule has 106 valence electrons. The Bertz CT molecular complexity index is 608. The molecule has 0 unspecified atom stereocenters. The maximum atomic E-state index is 13.1. The molecule has 5 heteroatoms. The molecular weight excluding hydrogens is 287 g/mol. The summed E-state index contributed by atoms with van der Waals surface area (Å²) in [5.41, 5.74) is 6.05. The highest BCUT2D eigenvalue weighted by atomic mass is 35.5. The number of alkyl halides is 3. The first-order valence-electron chi connectivity index (χ1n) is 6.09. The third kappa shape index (κ3) is 2.97. The summed E-state index contributed by atoms with van der Waals surface area (Å²) < 4.78 is 39.3. The highest BCUT2D eigenvalue weighted by Gasteiger charge is 2.34. The highest BCUT2D eigenvalue weighted by Crippen LogP contribution is 2.40. The van der Waals surface area contributed by atoms with Gasteiger partial charge in [0.1, 0.15) is 0 Å². The van der Waals surface area contributed by atoms with Crippen molar-refractivity contribution in [3.05, 3.63) is 58.6 Å². The Kier molecular flexibility index (Phi) is 4.35. The first-order chi connectivity index (χ1) is 9.45. The average molecular weight is 300 g/mol. The van der Waals surface area contributed by atoms with Crippen LogP contribution in [0.5, 0.6) is 0 Å². The van der Waals surface area contributed by atoms with Crippen molar-refractivity contribution in [1.29, 1.82) is 0 Å². The molecule has 0 aliphatic carbocycles. The van der Waals surface area contributed by atoms with Crippen LogP contribution in [0.4, 0.5) is 13.2 Å². The maximum Gasteiger partial charge on any atom is 0.417 e. The van der Waals surface area contributed by atoms with Crippen LogP contribution >= 0.6 is 11.6 Å². The molecule has 0 saturated carbocycles. The lowest BCUT2D eigenvalue weighted by molar-refractivity contribution is -0.137. The summed E-state index contributed by atoms with van der Waals surface area (Å²) in [7, 11) is 0. The molecule has 0 bridgehead atoms. The van der Waals surface area contributed by atoms with Gasteiger partial charge in [0, 0.05) is 10.6 Å². The fraction of sp³-hybridized carbons (Fsp3) is 0.200. The first-order valence-corrected chi connectivity index (χ1v) is 6.47. The SMILES string of the molecule is NCCc1cccc(Cl)c1-c1ccccc1C(F)(F)F. The Morgan fingerprint density at radius 1 is 1.00 bits per heavy atom. The van der Waals surface area contributed by atoms with Crippen LogP contribution in [-0.2, 0) is 12.6 Å². The van der Waals surface area contributed by atoms with E-state index in [1.807, 2.05) is 0 Å². The first kappa shape index (κ1) is 14.9. The molecule has 0 aliphatic heterocycles. The minimum atomic E-state index is -4.42. The van der Waals surface area contributed by atoms with E-state index in [0.717, 1.165) is 11.6 Å². The summed E-state index contributed by atoms with van der Waals surface area (Å²) in [5, 5.41) is 0.299. The van der Waals surface area contributed by atoms with Gasteiger partial charge in [-0.15, -0.1) is 0 Å². The third-order valence-electron chi connectivity index (χ3n) is 3.02. The van der Waals surface area contributed by atoms with Crippen LogP contribution in [-0.4, -0.2) is 6.54 Å². The lowest BCUT2D eigenvalue weighted by Gasteiger charge is -2.16. The van der Waals surface area contributed by atoms with Crippen LogP contribution in [0, 0.1) is 0 Å². The minimum absolute atomic E-state index is 0.0917. The summed E-state index contributed by atoms with van der Waals surface area (Å²) in [6.45, 7) is 0.349. The summed E-state index contributed by atoms with van der Waals surface area (Å²) in [4.78, 5) is 0. The monoisotopic (exact) mass is 299 g/mol. The number of hydrogen-bond donors (Lipinski definition) is 1. The normalized spacial score (nSPS) is 11.7. The summed E-state index contributed by atoms with van der Waals surface area (Å²) in [6, 6.07) is 10.5. The summed E-state index contributed by atoms with van der Waals surface area (Å²) >= 11 is 6.11. The zero-order valence-electron chi connectivity index (χ0n) is 10.5. The number of hydrogen-bond acceptors (Lipinski definition) is 1. The zero-order valence-corrected chi connectivity index (χ0v) is 11.3. The second-order valence-corrected chi connectivity index (χ2v) is 4.76. The highest BCUT2D eigenvalue weighted by molar-refractivity contribution is 6.33. The van der Waals surface area contributed by atoms with Gasteiger partial charge in [0.25, 0.3) is 0 Å². The van der Waals surface area contributed by atoms with E-state index in [0.29, 0.717) is 23.6 Å². The van der Waals surface area contributed by atoms with Crippen molar-refractivity contribution < 1.29 is 13.2 Å². The lowest BCUT2D eigenvalue weighted by Crippen LogP contribution is -2.09. The van der Waals surface area contributed by atoms with E-state index < -0.39 is 11.7 Å². The van der Waals surface area contributed by atoms with Gasteiger partial charge in [-0.3, -0.25) is 0 Å². The van der Waals surface area contributed by atoms with Gasteiger partial charge in [-0.1, -0.05) is 41.9 Å². The van der Waals surface area contributed by atoms with Gasteiger partial charge >= 0.3 is 6.18 Å². The largest absolute Gasteiger partial charge is 0.417 e. The fourth-order valence-electron chi connectivity index (χ4n) is 2.18.